The minimum Gasteiger partial charge on any atom is -0.468 e. The topological polar surface area (TPSA) is 47.6 Å². The molecule has 0 amide bonds. The van der Waals surface area contributed by atoms with Crippen LogP contribution >= 0.6 is 0 Å². The van der Waals surface area contributed by atoms with Crippen molar-refractivity contribution < 1.29 is 27.4 Å². The van der Waals surface area contributed by atoms with Crippen molar-refractivity contribution in [2.45, 2.75) is 38.7 Å². The zero-order chi connectivity index (χ0) is 16.0. The molecular weight excluding hydrogens is 287 g/mol. The Kier molecular flexibility index (Phi) is 6.02. The van der Waals surface area contributed by atoms with Gasteiger partial charge in [0.1, 0.15) is 11.8 Å². The van der Waals surface area contributed by atoms with E-state index in [0.29, 0.717) is 5.56 Å². The van der Waals surface area contributed by atoms with Crippen molar-refractivity contribution in [2.24, 2.45) is 0 Å². The lowest BCUT2D eigenvalue weighted by atomic mass is 10.1. The number of alkyl halides is 3. The molecule has 0 aromatic heterocycles. The van der Waals surface area contributed by atoms with Crippen LogP contribution in [-0.4, -0.2) is 25.5 Å². The number of rotatable bonds is 6. The number of benzene rings is 1. The highest BCUT2D eigenvalue weighted by Gasteiger charge is 2.31. The summed E-state index contributed by atoms with van der Waals surface area (Å²) in [7, 11) is 1.26. The maximum absolute atomic E-state index is 12.1. The SMILES string of the molecule is CCC(C)NC(C(=O)OC)c1ccc(OC(F)(F)F)cc1. The van der Waals surface area contributed by atoms with Gasteiger partial charge in [0.05, 0.1) is 7.11 Å². The van der Waals surface area contributed by atoms with E-state index in [4.69, 9.17) is 4.74 Å². The first-order chi connectivity index (χ1) is 9.76. The van der Waals surface area contributed by atoms with Crippen LogP contribution in [0.15, 0.2) is 24.3 Å². The van der Waals surface area contributed by atoms with Crippen molar-refractivity contribution in [3.63, 3.8) is 0 Å². The monoisotopic (exact) mass is 305 g/mol. The van der Waals surface area contributed by atoms with Gasteiger partial charge in [0.25, 0.3) is 0 Å². The summed E-state index contributed by atoms with van der Waals surface area (Å²) in [5.41, 5.74) is 0.511. The summed E-state index contributed by atoms with van der Waals surface area (Å²) in [5.74, 6) is -0.835. The maximum Gasteiger partial charge on any atom is 0.573 e. The van der Waals surface area contributed by atoms with Crippen LogP contribution < -0.4 is 10.1 Å². The van der Waals surface area contributed by atoms with Crippen LogP contribution in [0.4, 0.5) is 13.2 Å². The van der Waals surface area contributed by atoms with Gasteiger partial charge in [0.15, 0.2) is 0 Å². The molecule has 0 aliphatic carbocycles. The van der Waals surface area contributed by atoms with E-state index < -0.39 is 18.4 Å². The summed E-state index contributed by atoms with van der Waals surface area (Å²) in [6.45, 7) is 3.85. The lowest BCUT2D eigenvalue weighted by Crippen LogP contribution is -2.35. The van der Waals surface area contributed by atoms with E-state index in [0.717, 1.165) is 18.6 Å². The molecule has 0 saturated heterocycles. The Labute approximate surface area is 121 Å². The summed E-state index contributed by atoms with van der Waals surface area (Å²) in [4.78, 5) is 11.8. The fourth-order valence-corrected chi connectivity index (χ4v) is 1.68. The lowest BCUT2D eigenvalue weighted by molar-refractivity contribution is -0.274. The Balaban J connectivity index is 2.90. The zero-order valence-electron chi connectivity index (χ0n) is 12.0. The molecule has 0 saturated carbocycles. The standard InChI is InChI=1S/C14H18F3NO3/c1-4-9(2)18-12(13(19)20-3)10-5-7-11(8-6-10)21-14(15,16)17/h5-9,12,18H,4H2,1-3H3. The highest BCUT2D eigenvalue weighted by atomic mass is 19.4. The number of halogens is 3. The molecule has 1 aromatic rings. The van der Waals surface area contributed by atoms with Gasteiger partial charge < -0.3 is 9.47 Å². The van der Waals surface area contributed by atoms with E-state index >= 15 is 0 Å². The first-order valence-corrected chi connectivity index (χ1v) is 6.46. The Morgan fingerprint density at radius 3 is 2.29 bits per heavy atom. The van der Waals surface area contributed by atoms with E-state index in [1.54, 1.807) is 0 Å². The van der Waals surface area contributed by atoms with Crippen LogP contribution in [0, 0.1) is 0 Å². The molecule has 0 radical (unpaired) electrons. The summed E-state index contributed by atoms with van der Waals surface area (Å²) in [6, 6.07) is 4.45. The normalized spacial score (nSPS) is 14.4. The van der Waals surface area contributed by atoms with Gasteiger partial charge in [-0.3, -0.25) is 5.32 Å². The molecule has 1 aromatic carbocycles. The molecule has 0 spiro atoms. The van der Waals surface area contributed by atoms with E-state index in [2.05, 4.69) is 10.1 Å². The highest BCUT2D eigenvalue weighted by Crippen LogP contribution is 2.25. The van der Waals surface area contributed by atoms with Crippen molar-refractivity contribution in [1.82, 2.24) is 5.32 Å². The van der Waals surface area contributed by atoms with Gasteiger partial charge in [0, 0.05) is 6.04 Å². The fraction of sp³-hybridized carbons (Fsp3) is 0.500. The second-order valence-corrected chi connectivity index (χ2v) is 4.55. The molecule has 1 rings (SSSR count). The number of ether oxygens (including phenoxy) is 2. The molecule has 2 atom stereocenters. The average molecular weight is 305 g/mol. The number of nitrogens with one attached hydrogen (secondary N) is 1. The molecule has 118 valence electrons. The van der Waals surface area contributed by atoms with Crippen molar-refractivity contribution in [3.05, 3.63) is 29.8 Å². The van der Waals surface area contributed by atoms with E-state index in [9.17, 15) is 18.0 Å². The van der Waals surface area contributed by atoms with Crippen LogP contribution in [0.2, 0.25) is 0 Å². The zero-order valence-corrected chi connectivity index (χ0v) is 12.0. The molecule has 0 heterocycles. The molecule has 0 fully saturated rings. The predicted molar refractivity (Wildman–Crippen MR) is 70.8 cm³/mol. The van der Waals surface area contributed by atoms with E-state index in [1.807, 2.05) is 13.8 Å². The molecule has 7 heteroatoms. The number of hydrogen-bond acceptors (Lipinski definition) is 4. The summed E-state index contributed by atoms with van der Waals surface area (Å²) in [6.07, 6.45) is -3.94. The van der Waals surface area contributed by atoms with Crippen LogP contribution in [0.1, 0.15) is 31.9 Å². The van der Waals surface area contributed by atoms with E-state index in [1.165, 1.54) is 19.2 Å². The third-order valence-electron chi connectivity index (χ3n) is 2.95. The van der Waals surface area contributed by atoms with Gasteiger partial charge in [-0.05, 0) is 31.0 Å². The van der Waals surface area contributed by atoms with Crippen LogP contribution in [0.5, 0.6) is 5.75 Å². The van der Waals surface area contributed by atoms with Gasteiger partial charge in [-0.1, -0.05) is 19.1 Å². The smallest absolute Gasteiger partial charge is 0.468 e. The summed E-state index contributed by atoms with van der Waals surface area (Å²) >= 11 is 0. The Hall–Kier alpha value is -1.76. The molecule has 0 aliphatic heterocycles. The van der Waals surface area contributed by atoms with E-state index in [-0.39, 0.29) is 11.8 Å². The minimum absolute atomic E-state index is 0.0557. The van der Waals surface area contributed by atoms with Crippen molar-refractivity contribution in [2.75, 3.05) is 7.11 Å². The number of esters is 1. The molecule has 1 N–H and O–H groups in total. The third-order valence-corrected chi connectivity index (χ3v) is 2.95. The second-order valence-electron chi connectivity index (χ2n) is 4.55. The van der Waals surface area contributed by atoms with Gasteiger partial charge in [-0.15, -0.1) is 13.2 Å². The van der Waals surface area contributed by atoms with Crippen molar-refractivity contribution in [3.8, 4) is 5.75 Å². The first-order valence-electron chi connectivity index (χ1n) is 6.46. The fourth-order valence-electron chi connectivity index (χ4n) is 1.68. The molecule has 4 nitrogen and oxygen atoms in total. The number of carbonyl (C=O) groups is 1. The van der Waals surface area contributed by atoms with Crippen molar-refractivity contribution in [1.29, 1.82) is 0 Å². The Morgan fingerprint density at radius 2 is 1.86 bits per heavy atom. The Bertz CT molecular complexity index is 460. The summed E-state index contributed by atoms with van der Waals surface area (Å²) < 4.78 is 44.8. The average Bonchev–Trinajstić information content (AvgIpc) is 2.43. The third kappa shape index (κ3) is 5.63. The van der Waals surface area contributed by atoms with Crippen LogP contribution in [0.25, 0.3) is 0 Å². The van der Waals surface area contributed by atoms with Crippen LogP contribution in [-0.2, 0) is 9.53 Å². The van der Waals surface area contributed by atoms with Gasteiger partial charge in [-0.25, -0.2) is 4.79 Å². The van der Waals surface area contributed by atoms with Crippen LogP contribution in [0.3, 0.4) is 0 Å². The molecule has 0 bridgehead atoms. The molecular formula is C14H18F3NO3. The molecule has 2 unspecified atom stereocenters. The van der Waals surface area contributed by atoms with Gasteiger partial charge in [-0.2, -0.15) is 0 Å². The number of hydrogen-bond donors (Lipinski definition) is 1. The quantitative estimate of drug-likeness (QED) is 0.820. The molecule has 21 heavy (non-hydrogen) atoms. The number of methoxy groups -OCH3 is 1. The predicted octanol–water partition coefficient (Wildman–Crippen LogP) is 3.19. The highest BCUT2D eigenvalue weighted by molar-refractivity contribution is 5.77. The second kappa shape index (κ2) is 7.31. The van der Waals surface area contributed by atoms with Crippen molar-refractivity contribution >= 4 is 5.97 Å². The minimum atomic E-state index is -4.74. The van der Waals surface area contributed by atoms with Gasteiger partial charge >= 0.3 is 12.3 Å². The number of carbonyl (C=O) groups excluding carboxylic acids is 1. The summed E-state index contributed by atoms with van der Waals surface area (Å²) in [5, 5.41) is 3.06. The maximum atomic E-state index is 12.1. The Morgan fingerprint density at radius 1 is 1.29 bits per heavy atom. The molecule has 0 aliphatic rings. The lowest BCUT2D eigenvalue weighted by Gasteiger charge is -2.21. The van der Waals surface area contributed by atoms with Gasteiger partial charge in [0.2, 0.25) is 0 Å². The largest absolute Gasteiger partial charge is 0.573 e. The first kappa shape index (κ1) is 17.3.